The van der Waals surface area contributed by atoms with Crippen LogP contribution in [0.1, 0.15) is 17.2 Å². The molecule has 2 aliphatic heterocycles. The molecule has 2 heterocycles. The third kappa shape index (κ3) is 4.50. The number of morpholine rings is 1. The van der Waals surface area contributed by atoms with E-state index in [1.807, 2.05) is 0 Å². The number of nitro benzene ring substituents is 1. The predicted octanol–water partition coefficient (Wildman–Crippen LogP) is -0.257. The summed E-state index contributed by atoms with van der Waals surface area (Å²) in [5.74, 6) is -1.86. The van der Waals surface area contributed by atoms with Gasteiger partial charge in [0.1, 0.15) is 18.8 Å². The molecule has 0 radical (unpaired) electrons. The van der Waals surface area contributed by atoms with Gasteiger partial charge in [0.15, 0.2) is 0 Å². The number of carbonyl (C=O) groups is 2. The lowest BCUT2D eigenvalue weighted by molar-refractivity contribution is -0.907. The number of nitro groups is 1. The summed E-state index contributed by atoms with van der Waals surface area (Å²) in [7, 11) is 1.49. The first kappa shape index (κ1) is 23.4. The van der Waals surface area contributed by atoms with Gasteiger partial charge in [0, 0.05) is 11.6 Å². The molecule has 0 aliphatic carbocycles. The number of nitrogens with zero attached hydrogens (tertiary/aromatic N) is 2. The molecule has 10 nitrogen and oxygen atoms in total. The van der Waals surface area contributed by atoms with Gasteiger partial charge >= 0.3 is 0 Å². The van der Waals surface area contributed by atoms with Gasteiger partial charge < -0.3 is 24.4 Å². The monoisotopic (exact) mass is 467 g/mol. The molecule has 4 rings (SSSR count). The summed E-state index contributed by atoms with van der Waals surface area (Å²) in [4.78, 5) is 39.9. The highest BCUT2D eigenvalue weighted by atomic mass is 16.6. The molecule has 1 N–H and O–H groups in total. The quantitative estimate of drug-likeness (QED) is 0.196. The van der Waals surface area contributed by atoms with Crippen molar-refractivity contribution >= 4 is 23.1 Å². The number of amides is 1. The molecular weight excluding hydrogens is 442 g/mol. The smallest absolute Gasteiger partial charge is 0.295 e. The van der Waals surface area contributed by atoms with Gasteiger partial charge in [-0.2, -0.15) is 0 Å². The maximum atomic E-state index is 13.4. The molecule has 2 aromatic rings. The summed E-state index contributed by atoms with van der Waals surface area (Å²) >= 11 is 0. The molecule has 0 saturated carbocycles. The van der Waals surface area contributed by atoms with E-state index in [0.717, 1.165) is 13.1 Å². The second-order valence-electron chi connectivity index (χ2n) is 8.13. The molecular formula is C24H25N3O7. The summed E-state index contributed by atoms with van der Waals surface area (Å²) < 4.78 is 10.5. The maximum Gasteiger partial charge on any atom is 0.295 e. The standard InChI is InChI=1S/C24H25N3O7/c1-33-17-8-6-16(7-9-17)22(28)20-21(18-4-2-3-5-19(18)27(31)32)26(24(30)23(20)29)11-10-25-12-14-34-15-13-25/h2-9,21,28H,10-15H2,1H3/b22-20+. The number of methoxy groups -OCH3 is 1. The van der Waals surface area contributed by atoms with Gasteiger partial charge in [-0.1, -0.05) is 30.0 Å². The Hall–Kier alpha value is -3.76. The van der Waals surface area contributed by atoms with Gasteiger partial charge in [-0.05, 0) is 23.8 Å². The van der Waals surface area contributed by atoms with Crippen LogP contribution in [0.2, 0.25) is 0 Å². The zero-order valence-electron chi connectivity index (χ0n) is 18.7. The summed E-state index contributed by atoms with van der Waals surface area (Å²) in [6, 6.07) is 10.9. The van der Waals surface area contributed by atoms with Crippen LogP contribution in [0.5, 0.6) is 5.75 Å². The van der Waals surface area contributed by atoms with Gasteiger partial charge in [0.05, 0.1) is 49.9 Å². The zero-order chi connectivity index (χ0) is 24.2. The van der Waals surface area contributed by atoms with Crippen LogP contribution in [0.4, 0.5) is 5.69 Å². The number of hydrogen-bond donors (Lipinski definition) is 1. The predicted molar refractivity (Wildman–Crippen MR) is 119 cm³/mol. The number of para-hydroxylation sites is 1. The summed E-state index contributed by atoms with van der Waals surface area (Å²) in [6.07, 6.45) is 0. The number of ketones is 1. The van der Waals surface area contributed by atoms with Crippen LogP contribution in [-0.2, 0) is 14.3 Å². The number of quaternary nitrogens is 1. The van der Waals surface area contributed by atoms with Gasteiger partial charge in [-0.3, -0.25) is 19.7 Å². The molecule has 178 valence electrons. The van der Waals surface area contributed by atoms with E-state index in [1.165, 1.54) is 47.2 Å². The molecule has 2 saturated heterocycles. The Morgan fingerprint density at radius 3 is 2.47 bits per heavy atom. The number of ether oxygens (including phenoxy) is 2. The van der Waals surface area contributed by atoms with Crippen LogP contribution in [0.3, 0.4) is 0 Å². The lowest BCUT2D eigenvalue weighted by Gasteiger charge is -2.30. The topological polar surface area (TPSA) is 126 Å². The van der Waals surface area contributed by atoms with E-state index in [9.17, 15) is 24.8 Å². The average molecular weight is 467 g/mol. The lowest BCUT2D eigenvalue weighted by atomic mass is 9.94. The largest absolute Gasteiger partial charge is 0.872 e. The Balaban J connectivity index is 1.79. The number of rotatable bonds is 7. The van der Waals surface area contributed by atoms with Crippen LogP contribution in [-0.4, -0.2) is 68.0 Å². The molecule has 0 aromatic heterocycles. The molecule has 34 heavy (non-hydrogen) atoms. The molecule has 1 atom stereocenters. The molecule has 2 aliphatic rings. The Morgan fingerprint density at radius 1 is 1.15 bits per heavy atom. The average Bonchev–Trinajstić information content (AvgIpc) is 3.12. The summed E-state index contributed by atoms with van der Waals surface area (Å²) in [5, 5.41) is 25.2. The van der Waals surface area contributed by atoms with Gasteiger partial charge in [0.25, 0.3) is 11.6 Å². The Kier molecular flexibility index (Phi) is 6.90. The number of likely N-dealkylation sites (tertiary alicyclic amines) is 1. The Bertz CT molecular complexity index is 1120. The molecule has 2 aromatic carbocycles. The van der Waals surface area contributed by atoms with Crippen molar-refractivity contribution in [3.63, 3.8) is 0 Å². The second-order valence-corrected chi connectivity index (χ2v) is 8.13. The molecule has 1 unspecified atom stereocenters. The summed E-state index contributed by atoms with van der Waals surface area (Å²) in [6.45, 7) is 3.42. The van der Waals surface area contributed by atoms with Crippen molar-refractivity contribution in [2.24, 2.45) is 0 Å². The SMILES string of the molecule is COc1ccc(/C([O-])=C2\C(=O)C(=O)N(CC[NH+]3CCOCC3)C2c2ccccc2[N+](=O)[O-])cc1. The lowest BCUT2D eigenvalue weighted by Crippen LogP contribution is -3.14. The normalized spacial score (nSPS) is 20.5. The van der Waals surface area contributed by atoms with E-state index >= 15 is 0 Å². The first-order valence-corrected chi connectivity index (χ1v) is 11.0. The van der Waals surface area contributed by atoms with Gasteiger partial charge in [-0.25, -0.2) is 0 Å². The number of carbonyl (C=O) groups excluding carboxylic acids is 2. The first-order chi connectivity index (χ1) is 16.4. The van der Waals surface area contributed by atoms with Gasteiger partial charge in [0.2, 0.25) is 5.78 Å². The van der Waals surface area contributed by atoms with Crippen molar-refractivity contribution in [1.29, 1.82) is 0 Å². The number of benzene rings is 2. The number of nitrogens with one attached hydrogen (secondary N) is 1. The van der Waals surface area contributed by atoms with Crippen LogP contribution < -0.4 is 14.7 Å². The number of hydrogen-bond acceptors (Lipinski definition) is 7. The molecule has 10 heteroatoms. The van der Waals surface area contributed by atoms with Crippen molar-refractivity contribution in [3.05, 3.63) is 75.3 Å². The Labute approximate surface area is 196 Å². The summed E-state index contributed by atoms with van der Waals surface area (Å²) in [5.41, 5.74) is -0.193. The van der Waals surface area contributed by atoms with E-state index in [4.69, 9.17) is 9.47 Å². The van der Waals surface area contributed by atoms with Crippen LogP contribution in [0, 0.1) is 10.1 Å². The van der Waals surface area contributed by atoms with E-state index in [0.29, 0.717) is 25.5 Å². The maximum absolute atomic E-state index is 13.4. The highest BCUT2D eigenvalue weighted by molar-refractivity contribution is 6.46. The highest BCUT2D eigenvalue weighted by Gasteiger charge is 2.46. The van der Waals surface area contributed by atoms with E-state index < -0.39 is 28.4 Å². The van der Waals surface area contributed by atoms with E-state index in [-0.39, 0.29) is 28.9 Å². The first-order valence-electron chi connectivity index (χ1n) is 11.0. The Morgan fingerprint density at radius 2 is 1.82 bits per heavy atom. The van der Waals surface area contributed by atoms with E-state index in [2.05, 4.69) is 0 Å². The van der Waals surface area contributed by atoms with Crippen molar-refractivity contribution in [3.8, 4) is 5.75 Å². The number of Topliss-reactive ketones (excluding diaryl/α,β-unsaturated/α-hetero) is 1. The van der Waals surface area contributed by atoms with Crippen molar-refractivity contribution in [2.45, 2.75) is 6.04 Å². The van der Waals surface area contributed by atoms with Crippen molar-refractivity contribution < 1.29 is 34.0 Å². The highest BCUT2D eigenvalue weighted by Crippen LogP contribution is 2.41. The van der Waals surface area contributed by atoms with Crippen LogP contribution >= 0.6 is 0 Å². The fourth-order valence-electron chi connectivity index (χ4n) is 4.40. The van der Waals surface area contributed by atoms with Crippen molar-refractivity contribution in [1.82, 2.24) is 4.90 Å². The minimum Gasteiger partial charge on any atom is -0.872 e. The molecule has 0 bridgehead atoms. The fraction of sp³-hybridized carbons (Fsp3) is 0.333. The minimum absolute atomic E-state index is 0.139. The van der Waals surface area contributed by atoms with Gasteiger partial charge in [-0.15, -0.1) is 0 Å². The zero-order valence-corrected chi connectivity index (χ0v) is 18.7. The third-order valence-electron chi connectivity index (χ3n) is 6.22. The van der Waals surface area contributed by atoms with E-state index in [1.54, 1.807) is 18.2 Å². The van der Waals surface area contributed by atoms with Crippen LogP contribution in [0.25, 0.3) is 5.76 Å². The third-order valence-corrected chi connectivity index (χ3v) is 6.22. The fourth-order valence-corrected chi connectivity index (χ4v) is 4.40. The van der Waals surface area contributed by atoms with Crippen molar-refractivity contribution in [2.75, 3.05) is 46.5 Å². The molecule has 0 spiro atoms. The second kappa shape index (κ2) is 10.0. The molecule has 1 amide bonds. The molecule has 2 fully saturated rings. The minimum atomic E-state index is -1.14. The van der Waals surface area contributed by atoms with Crippen LogP contribution in [0.15, 0.2) is 54.1 Å².